The van der Waals surface area contributed by atoms with Crippen LogP contribution in [-0.4, -0.2) is 7.11 Å². The monoisotopic (exact) mass is 255 g/mol. The molecule has 2 aromatic rings. The van der Waals surface area contributed by atoms with E-state index in [4.69, 9.17) is 10.5 Å². The maximum atomic E-state index is 6.14. The minimum absolute atomic E-state index is 0. The van der Waals surface area contributed by atoms with Gasteiger partial charge in [-0.15, -0.1) is 23.7 Å². The first kappa shape index (κ1) is 13.0. The van der Waals surface area contributed by atoms with Crippen molar-refractivity contribution in [2.45, 2.75) is 6.04 Å². The molecule has 1 aromatic heterocycles. The zero-order valence-electron chi connectivity index (χ0n) is 8.92. The van der Waals surface area contributed by atoms with Gasteiger partial charge in [-0.2, -0.15) is 0 Å². The summed E-state index contributed by atoms with van der Waals surface area (Å²) in [5, 5.41) is 2.04. The summed E-state index contributed by atoms with van der Waals surface area (Å²) < 4.78 is 5.17. The quantitative estimate of drug-likeness (QED) is 0.914. The van der Waals surface area contributed by atoms with Crippen LogP contribution in [0, 0.1) is 0 Å². The van der Waals surface area contributed by atoms with Gasteiger partial charge < -0.3 is 10.5 Å². The molecule has 0 spiro atoms. The van der Waals surface area contributed by atoms with Gasteiger partial charge in [-0.1, -0.05) is 18.2 Å². The molecule has 1 atom stereocenters. The summed E-state index contributed by atoms with van der Waals surface area (Å²) in [6, 6.07) is 11.9. The molecule has 0 amide bonds. The Kier molecular flexibility index (Phi) is 4.80. The van der Waals surface area contributed by atoms with Crippen molar-refractivity contribution in [3.05, 3.63) is 52.2 Å². The fourth-order valence-electron chi connectivity index (χ4n) is 1.47. The van der Waals surface area contributed by atoms with Crippen molar-refractivity contribution in [2.24, 2.45) is 5.73 Å². The average molecular weight is 256 g/mol. The molecule has 1 aromatic carbocycles. The average Bonchev–Trinajstić information content (AvgIpc) is 2.81. The van der Waals surface area contributed by atoms with E-state index in [-0.39, 0.29) is 18.4 Å². The first-order valence-electron chi connectivity index (χ1n) is 4.74. The van der Waals surface area contributed by atoms with Crippen LogP contribution in [0.15, 0.2) is 41.8 Å². The van der Waals surface area contributed by atoms with Crippen LogP contribution in [0.1, 0.15) is 16.5 Å². The van der Waals surface area contributed by atoms with Gasteiger partial charge in [0.15, 0.2) is 0 Å². The van der Waals surface area contributed by atoms with Crippen molar-refractivity contribution in [3.8, 4) is 5.75 Å². The standard InChI is InChI=1S/C12H13NOS.ClH/c1-14-10-5-2-4-9(8-10)12(13)11-6-3-7-15-11;/h2-8,12H,13H2,1H3;1H/t12-;/m1./s1. The molecule has 0 saturated heterocycles. The minimum Gasteiger partial charge on any atom is -0.497 e. The third kappa shape index (κ3) is 2.76. The lowest BCUT2D eigenvalue weighted by Gasteiger charge is -2.11. The number of ether oxygens (including phenoxy) is 1. The summed E-state index contributed by atoms with van der Waals surface area (Å²) in [5.74, 6) is 0.847. The molecule has 0 aliphatic carbocycles. The highest BCUT2D eigenvalue weighted by Gasteiger charge is 2.09. The van der Waals surface area contributed by atoms with Gasteiger partial charge in [-0.25, -0.2) is 0 Å². The summed E-state index contributed by atoms with van der Waals surface area (Å²) in [6.07, 6.45) is 0. The second kappa shape index (κ2) is 5.89. The van der Waals surface area contributed by atoms with Crippen molar-refractivity contribution in [3.63, 3.8) is 0 Å². The maximum absolute atomic E-state index is 6.14. The number of hydrogen-bond acceptors (Lipinski definition) is 3. The number of benzene rings is 1. The van der Waals surface area contributed by atoms with Crippen LogP contribution in [0.3, 0.4) is 0 Å². The van der Waals surface area contributed by atoms with Crippen LogP contribution in [0.25, 0.3) is 0 Å². The lowest BCUT2D eigenvalue weighted by Crippen LogP contribution is -2.09. The summed E-state index contributed by atoms with van der Waals surface area (Å²) >= 11 is 1.67. The lowest BCUT2D eigenvalue weighted by atomic mass is 10.1. The van der Waals surface area contributed by atoms with Crippen LogP contribution in [0.2, 0.25) is 0 Å². The molecule has 2 rings (SSSR count). The predicted octanol–water partition coefficient (Wildman–Crippen LogP) is 3.23. The van der Waals surface area contributed by atoms with Gasteiger partial charge in [0.2, 0.25) is 0 Å². The van der Waals surface area contributed by atoms with Crippen molar-refractivity contribution >= 4 is 23.7 Å². The maximum Gasteiger partial charge on any atom is 0.119 e. The Hall–Kier alpha value is -1.03. The third-order valence-electron chi connectivity index (χ3n) is 2.30. The van der Waals surface area contributed by atoms with E-state index in [0.717, 1.165) is 11.3 Å². The molecule has 16 heavy (non-hydrogen) atoms. The highest BCUT2D eigenvalue weighted by Crippen LogP contribution is 2.25. The van der Waals surface area contributed by atoms with E-state index in [1.165, 1.54) is 4.88 Å². The zero-order chi connectivity index (χ0) is 10.7. The van der Waals surface area contributed by atoms with Crippen LogP contribution in [-0.2, 0) is 0 Å². The van der Waals surface area contributed by atoms with E-state index >= 15 is 0 Å². The van der Waals surface area contributed by atoms with Crippen molar-refractivity contribution < 1.29 is 4.74 Å². The SMILES string of the molecule is COc1cccc([C@@H](N)c2cccs2)c1.Cl. The van der Waals surface area contributed by atoms with Crippen LogP contribution in [0.5, 0.6) is 5.75 Å². The molecule has 0 aliphatic heterocycles. The molecule has 4 heteroatoms. The number of hydrogen-bond donors (Lipinski definition) is 1. The molecule has 0 aliphatic rings. The third-order valence-corrected chi connectivity index (χ3v) is 3.26. The fourth-order valence-corrected chi connectivity index (χ4v) is 2.22. The Bertz CT molecular complexity index is 430. The second-order valence-corrected chi connectivity index (χ2v) is 4.25. The number of halogens is 1. The summed E-state index contributed by atoms with van der Waals surface area (Å²) in [6.45, 7) is 0. The number of rotatable bonds is 3. The largest absolute Gasteiger partial charge is 0.497 e. The van der Waals surface area contributed by atoms with Gasteiger partial charge in [0, 0.05) is 4.88 Å². The van der Waals surface area contributed by atoms with E-state index in [9.17, 15) is 0 Å². The molecule has 2 nitrogen and oxygen atoms in total. The molecule has 0 fully saturated rings. The van der Waals surface area contributed by atoms with E-state index < -0.39 is 0 Å². The van der Waals surface area contributed by atoms with Crippen LogP contribution >= 0.6 is 23.7 Å². The first-order chi connectivity index (χ1) is 7.31. The summed E-state index contributed by atoms with van der Waals surface area (Å²) in [4.78, 5) is 1.17. The summed E-state index contributed by atoms with van der Waals surface area (Å²) in [5.41, 5.74) is 7.22. The predicted molar refractivity (Wildman–Crippen MR) is 70.6 cm³/mol. The van der Waals surface area contributed by atoms with Gasteiger partial charge in [0.25, 0.3) is 0 Å². The Labute approximate surface area is 105 Å². The van der Waals surface area contributed by atoms with Gasteiger partial charge >= 0.3 is 0 Å². The lowest BCUT2D eigenvalue weighted by molar-refractivity contribution is 0.414. The minimum atomic E-state index is -0.0555. The Morgan fingerprint density at radius 2 is 2.06 bits per heavy atom. The molecule has 86 valence electrons. The van der Waals surface area contributed by atoms with E-state index in [0.29, 0.717) is 0 Å². The van der Waals surface area contributed by atoms with Crippen LogP contribution < -0.4 is 10.5 Å². The van der Waals surface area contributed by atoms with Gasteiger partial charge in [0.05, 0.1) is 13.2 Å². The van der Waals surface area contributed by atoms with Gasteiger partial charge in [-0.3, -0.25) is 0 Å². The molecule has 0 radical (unpaired) electrons. The molecule has 1 heterocycles. The van der Waals surface area contributed by atoms with Crippen molar-refractivity contribution in [2.75, 3.05) is 7.11 Å². The molecule has 0 saturated carbocycles. The normalized spacial score (nSPS) is 11.6. The van der Waals surface area contributed by atoms with Crippen LogP contribution in [0.4, 0.5) is 0 Å². The highest BCUT2D eigenvalue weighted by molar-refractivity contribution is 7.10. The van der Waals surface area contributed by atoms with Crippen molar-refractivity contribution in [1.29, 1.82) is 0 Å². The Morgan fingerprint density at radius 1 is 1.25 bits per heavy atom. The topological polar surface area (TPSA) is 35.2 Å². The Balaban J connectivity index is 0.00000128. The second-order valence-electron chi connectivity index (χ2n) is 3.27. The number of nitrogens with two attached hydrogens (primary N) is 1. The highest BCUT2D eigenvalue weighted by atomic mass is 35.5. The van der Waals surface area contributed by atoms with Gasteiger partial charge in [0.1, 0.15) is 5.75 Å². The van der Waals surface area contributed by atoms with E-state index in [2.05, 4.69) is 6.07 Å². The summed E-state index contributed by atoms with van der Waals surface area (Å²) in [7, 11) is 1.66. The van der Waals surface area contributed by atoms with E-state index in [1.807, 2.05) is 35.7 Å². The van der Waals surface area contributed by atoms with Crippen molar-refractivity contribution in [1.82, 2.24) is 0 Å². The first-order valence-corrected chi connectivity index (χ1v) is 5.62. The number of thiophene rings is 1. The Morgan fingerprint density at radius 3 is 2.69 bits per heavy atom. The van der Waals surface area contributed by atoms with E-state index in [1.54, 1.807) is 18.4 Å². The fraction of sp³-hybridized carbons (Fsp3) is 0.167. The van der Waals surface area contributed by atoms with Gasteiger partial charge in [-0.05, 0) is 29.1 Å². The molecular weight excluding hydrogens is 242 g/mol. The molecule has 0 unspecified atom stereocenters. The molecule has 0 bridgehead atoms. The molecule has 2 N–H and O–H groups in total. The smallest absolute Gasteiger partial charge is 0.119 e. The zero-order valence-corrected chi connectivity index (χ0v) is 10.6. The number of methoxy groups -OCH3 is 1. The molecular formula is C12H14ClNOS.